The van der Waals surface area contributed by atoms with E-state index < -0.39 is 57.8 Å². The number of hydrogen-bond donors (Lipinski definition) is 4. The number of ketones is 1. The Kier molecular flexibility index (Phi) is 11.3. The molecule has 1 aromatic rings. The highest BCUT2D eigenvalue weighted by Crippen LogP contribution is 2.65. The van der Waals surface area contributed by atoms with Crippen molar-refractivity contribution < 1.29 is 32.4 Å². The number of amides is 5. The van der Waals surface area contributed by atoms with E-state index in [1.54, 1.807) is 23.1 Å². The number of nitrogens with one attached hydrogen (secondary N) is 3. The third-order valence-electron chi connectivity index (χ3n) is 11.9. The van der Waals surface area contributed by atoms with Crippen LogP contribution in [0, 0.1) is 35.0 Å². The lowest BCUT2D eigenvalue weighted by atomic mass is 9.78. The number of piperidine rings is 1. The van der Waals surface area contributed by atoms with Crippen LogP contribution in [-0.4, -0.2) is 91.5 Å². The van der Waals surface area contributed by atoms with Crippen LogP contribution in [0.4, 0.5) is 4.79 Å². The van der Waals surface area contributed by atoms with Crippen LogP contribution >= 0.6 is 0 Å². The topological polar surface area (TPSA) is 188 Å². The first-order chi connectivity index (χ1) is 23.5. The second kappa shape index (κ2) is 15.0. The van der Waals surface area contributed by atoms with Gasteiger partial charge in [-0.1, -0.05) is 71.6 Å². The molecule has 4 fully saturated rings. The lowest BCUT2D eigenvalue weighted by molar-refractivity contribution is -0.145. The zero-order valence-corrected chi connectivity index (χ0v) is 30.7. The first kappa shape index (κ1) is 37.7. The third kappa shape index (κ3) is 7.70. The summed E-state index contributed by atoms with van der Waals surface area (Å²) in [6, 6.07) is 4.16. The molecule has 1 saturated heterocycles. The predicted molar refractivity (Wildman–Crippen MR) is 187 cm³/mol. The van der Waals surface area contributed by atoms with Gasteiger partial charge in [-0.3, -0.25) is 19.2 Å². The molecule has 14 heteroatoms. The Bertz CT molecular complexity index is 1560. The summed E-state index contributed by atoms with van der Waals surface area (Å²) in [4.78, 5) is 68.7. The van der Waals surface area contributed by atoms with Crippen molar-refractivity contribution in [2.75, 3.05) is 20.1 Å². The van der Waals surface area contributed by atoms with Crippen molar-refractivity contribution in [1.29, 1.82) is 0 Å². The average molecular weight is 715 g/mol. The standard InChI is InChI=1S/C36H54N6O7S/c1-21(2)26(20-41(5)50(48,49)24-17-10-7-11-18-24)38-35(47)40-29(23-13-8-6-9-14-23)34(46)42-19-25-27(36(25,3)4)30(42)33(45)39-28(22-15-12-16-22)31(43)32(37)44/h7,10-11,17-18,21-23,25-30H,6,8-9,12-16,19-20H2,1-5H3,(H2,37,44)(H,39,45)(H2,38,40,47)/t25-,26+,27-,28?,29-,30-/m0/s1. The highest BCUT2D eigenvalue weighted by molar-refractivity contribution is 7.89. The molecule has 1 aliphatic heterocycles. The number of carbonyl (C=O) groups excluding carboxylic acids is 5. The van der Waals surface area contributed by atoms with Crippen LogP contribution in [0.5, 0.6) is 0 Å². The van der Waals surface area contributed by atoms with Gasteiger partial charge in [-0.2, -0.15) is 4.31 Å². The molecule has 276 valence electrons. The first-order valence-electron chi connectivity index (χ1n) is 18.1. The molecular formula is C36H54N6O7S. The molecule has 5 amide bonds. The smallest absolute Gasteiger partial charge is 0.315 e. The summed E-state index contributed by atoms with van der Waals surface area (Å²) in [5.74, 6) is -3.26. The maximum Gasteiger partial charge on any atom is 0.315 e. The lowest BCUT2D eigenvalue weighted by Crippen LogP contribution is -2.62. The molecule has 1 unspecified atom stereocenters. The Morgan fingerprint density at radius 3 is 2.06 bits per heavy atom. The monoisotopic (exact) mass is 714 g/mol. The molecule has 1 aromatic carbocycles. The van der Waals surface area contributed by atoms with Crippen LogP contribution in [-0.2, 0) is 29.2 Å². The molecule has 0 radical (unpaired) electrons. The molecule has 1 heterocycles. The first-order valence-corrected chi connectivity index (χ1v) is 19.5. The fraction of sp³-hybridized carbons (Fsp3) is 0.694. The summed E-state index contributed by atoms with van der Waals surface area (Å²) in [5, 5.41) is 8.72. The molecule has 0 spiro atoms. The van der Waals surface area contributed by atoms with Crippen LogP contribution in [0.3, 0.4) is 0 Å². The van der Waals surface area contributed by atoms with Crippen LogP contribution < -0.4 is 21.7 Å². The summed E-state index contributed by atoms with van der Waals surface area (Å²) in [7, 11) is -2.32. The predicted octanol–water partition coefficient (Wildman–Crippen LogP) is 2.40. The van der Waals surface area contributed by atoms with Gasteiger partial charge in [0.1, 0.15) is 18.1 Å². The number of likely N-dealkylation sites (N-methyl/N-ethyl adjacent to an activating group) is 1. The lowest BCUT2D eigenvalue weighted by Gasteiger charge is -2.38. The number of Topliss-reactive ketones (excluding diaryl/α,β-unsaturated/α-hetero) is 1. The molecule has 13 nitrogen and oxygen atoms in total. The van der Waals surface area contributed by atoms with Gasteiger partial charge in [0, 0.05) is 26.2 Å². The van der Waals surface area contributed by atoms with Crippen molar-refractivity contribution in [3.63, 3.8) is 0 Å². The Balaban J connectivity index is 1.33. The SMILES string of the molecule is CC(C)[C@@H](CN(C)S(=O)(=O)c1ccccc1)NC(=O)N[C@H](C(=O)N1C[C@H]2[C@@H]([C@H]1C(=O)NC(C(=O)C(N)=O)C1CCC1)C2(C)C)C1CCCCC1. The minimum atomic E-state index is -3.80. The van der Waals surface area contributed by atoms with Crippen molar-refractivity contribution in [3.05, 3.63) is 30.3 Å². The van der Waals surface area contributed by atoms with Crippen LogP contribution in [0.2, 0.25) is 0 Å². The maximum atomic E-state index is 14.6. The second-order valence-corrected chi connectivity index (χ2v) is 17.8. The Labute approximate surface area is 295 Å². The van der Waals surface area contributed by atoms with E-state index in [1.807, 2.05) is 13.8 Å². The molecule has 3 saturated carbocycles. The van der Waals surface area contributed by atoms with Gasteiger partial charge in [-0.25, -0.2) is 13.2 Å². The molecule has 4 aliphatic rings. The number of primary amides is 1. The molecule has 50 heavy (non-hydrogen) atoms. The van der Waals surface area contributed by atoms with Gasteiger partial charge in [0.25, 0.3) is 5.91 Å². The van der Waals surface area contributed by atoms with Crippen molar-refractivity contribution in [2.45, 2.75) is 108 Å². The summed E-state index contributed by atoms with van der Waals surface area (Å²) < 4.78 is 27.7. The average Bonchev–Trinajstić information content (AvgIpc) is 3.36. The molecular weight excluding hydrogens is 660 g/mol. The number of rotatable bonds is 14. The van der Waals surface area contributed by atoms with Crippen LogP contribution in [0.25, 0.3) is 0 Å². The van der Waals surface area contributed by atoms with E-state index in [2.05, 4.69) is 29.8 Å². The van der Waals surface area contributed by atoms with Gasteiger partial charge in [0.2, 0.25) is 27.6 Å². The quantitative estimate of drug-likeness (QED) is 0.213. The van der Waals surface area contributed by atoms with Gasteiger partial charge in [-0.05, 0) is 72.8 Å². The van der Waals surface area contributed by atoms with Crippen LogP contribution in [0.1, 0.15) is 79.1 Å². The molecule has 6 atom stereocenters. The van der Waals surface area contributed by atoms with E-state index in [-0.39, 0.29) is 52.4 Å². The van der Waals surface area contributed by atoms with E-state index in [1.165, 1.54) is 23.5 Å². The minimum absolute atomic E-state index is 0.0172. The number of nitrogens with two attached hydrogens (primary N) is 1. The normalized spacial score (nSPS) is 25.2. The van der Waals surface area contributed by atoms with Gasteiger partial charge in [0.05, 0.1) is 4.90 Å². The van der Waals surface area contributed by atoms with Crippen molar-refractivity contribution >= 4 is 39.6 Å². The summed E-state index contributed by atoms with van der Waals surface area (Å²) in [6.07, 6.45) is 6.62. The second-order valence-electron chi connectivity index (χ2n) is 15.7. The number of benzene rings is 1. The summed E-state index contributed by atoms with van der Waals surface area (Å²) in [6.45, 7) is 8.26. The number of nitrogens with zero attached hydrogens (tertiary/aromatic N) is 2. The van der Waals surface area contributed by atoms with Crippen molar-refractivity contribution in [2.24, 2.45) is 40.7 Å². The minimum Gasteiger partial charge on any atom is -0.363 e. The number of hydrogen-bond acceptors (Lipinski definition) is 7. The maximum absolute atomic E-state index is 14.6. The third-order valence-corrected chi connectivity index (χ3v) is 13.7. The molecule has 5 rings (SSSR count). The van der Waals surface area contributed by atoms with E-state index in [4.69, 9.17) is 5.73 Å². The van der Waals surface area contributed by atoms with Crippen molar-refractivity contribution in [1.82, 2.24) is 25.2 Å². The summed E-state index contributed by atoms with van der Waals surface area (Å²) in [5.41, 5.74) is 5.16. The zero-order chi connectivity index (χ0) is 36.5. The number of carbonyl (C=O) groups is 5. The van der Waals surface area contributed by atoms with Crippen LogP contribution in [0.15, 0.2) is 35.2 Å². The molecule has 0 bridgehead atoms. The van der Waals surface area contributed by atoms with E-state index >= 15 is 0 Å². The van der Waals surface area contributed by atoms with Crippen molar-refractivity contribution in [3.8, 4) is 0 Å². The number of fused-ring (bicyclic) bond motifs is 1. The highest BCUT2D eigenvalue weighted by atomic mass is 32.2. The molecule has 3 aliphatic carbocycles. The van der Waals surface area contributed by atoms with Gasteiger partial charge in [0.15, 0.2) is 0 Å². The van der Waals surface area contributed by atoms with E-state index in [0.717, 1.165) is 38.5 Å². The fourth-order valence-corrected chi connectivity index (χ4v) is 9.54. The number of urea groups is 1. The molecule has 5 N–H and O–H groups in total. The van der Waals surface area contributed by atoms with E-state index in [9.17, 15) is 32.4 Å². The number of likely N-dealkylation sites (tertiary alicyclic amines) is 1. The Morgan fingerprint density at radius 2 is 1.50 bits per heavy atom. The van der Waals surface area contributed by atoms with E-state index in [0.29, 0.717) is 19.4 Å². The fourth-order valence-electron chi connectivity index (χ4n) is 8.33. The van der Waals surface area contributed by atoms with Gasteiger partial charge >= 0.3 is 6.03 Å². The largest absolute Gasteiger partial charge is 0.363 e. The highest BCUT2D eigenvalue weighted by Gasteiger charge is 2.70. The molecule has 0 aromatic heterocycles. The summed E-state index contributed by atoms with van der Waals surface area (Å²) >= 11 is 0. The van der Waals surface area contributed by atoms with Gasteiger partial charge < -0.3 is 26.6 Å². The zero-order valence-electron chi connectivity index (χ0n) is 29.9. The number of sulfonamides is 1. The Morgan fingerprint density at radius 1 is 0.900 bits per heavy atom. The Hall–Kier alpha value is -3.52. The van der Waals surface area contributed by atoms with Gasteiger partial charge in [-0.15, -0.1) is 0 Å².